The lowest BCUT2D eigenvalue weighted by Gasteiger charge is -2.33. The molecule has 0 bridgehead atoms. The predicted molar refractivity (Wildman–Crippen MR) is 76.3 cm³/mol. The highest BCUT2D eigenvalue weighted by atomic mass is 19.1. The Balaban J connectivity index is 2.78. The van der Waals surface area contributed by atoms with Crippen LogP contribution in [-0.4, -0.2) is 13.6 Å². The van der Waals surface area contributed by atoms with Gasteiger partial charge in [0.15, 0.2) is 0 Å². The van der Waals surface area contributed by atoms with Gasteiger partial charge in [-0.2, -0.15) is 0 Å². The highest BCUT2D eigenvalue weighted by Gasteiger charge is 2.27. The lowest BCUT2D eigenvalue weighted by atomic mass is 9.75. The number of unbranched alkanes of at least 4 members (excludes halogenated alkanes) is 1. The molecule has 1 atom stereocenters. The van der Waals surface area contributed by atoms with Gasteiger partial charge in [0.25, 0.3) is 0 Å². The van der Waals surface area contributed by atoms with Crippen molar-refractivity contribution in [3.8, 4) is 0 Å². The average Bonchev–Trinajstić information content (AvgIpc) is 2.39. The maximum absolute atomic E-state index is 12.9. The van der Waals surface area contributed by atoms with Crippen LogP contribution >= 0.6 is 0 Å². The Bertz CT molecular complexity index is 333. The second kappa shape index (κ2) is 7.52. The predicted octanol–water partition coefficient (Wildman–Crippen LogP) is 4.17. The van der Waals surface area contributed by atoms with Crippen LogP contribution < -0.4 is 5.32 Å². The molecular weight excluding hydrogens is 225 g/mol. The first-order valence-electron chi connectivity index (χ1n) is 7.05. The molecule has 1 unspecified atom stereocenters. The van der Waals surface area contributed by atoms with Crippen molar-refractivity contribution in [2.75, 3.05) is 13.6 Å². The second-order valence-electron chi connectivity index (χ2n) is 5.29. The monoisotopic (exact) mass is 251 g/mol. The molecule has 1 rings (SSSR count). The van der Waals surface area contributed by atoms with Gasteiger partial charge in [-0.3, -0.25) is 0 Å². The summed E-state index contributed by atoms with van der Waals surface area (Å²) in [6, 6.07) is 6.96. The van der Waals surface area contributed by atoms with Gasteiger partial charge in [-0.05, 0) is 49.4 Å². The quantitative estimate of drug-likeness (QED) is 0.731. The molecule has 0 saturated carbocycles. The van der Waals surface area contributed by atoms with Crippen LogP contribution in [0, 0.1) is 11.2 Å². The lowest BCUT2D eigenvalue weighted by molar-refractivity contribution is 0.235. The summed E-state index contributed by atoms with van der Waals surface area (Å²) in [5, 5.41) is 3.33. The van der Waals surface area contributed by atoms with Gasteiger partial charge >= 0.3 is 0 Å². The summed E-state index contributed by atoms with van der Waals surface area (Å²) in [5.74, 6) is -0.150. The molecule has 0 amide bonds. The fourth-order valence-electron chi connectivity index (χ4n) is 2.63. The molecular formula is C16H26FN. The molecule has 18 heavy (non-hydrogen) atoms. The van der Waals surface area contributed by atoms with Gasteiger partial charge < -0.3 is 5.32 Å². The summed E-state index contributed by atoms with van der Waals surface area (Å²) >= 11 is 0. The van der Waals surface area contributed by atoms with Crippen LogP contribution in [0.3, 0.4) is 0 Å². The molecule has 0 aliphatic carbocycles. The summed E-state index contributed by atoms with van der Waals surface area (Å²) in [4.78, 5) is 0. The SMILES string of the molecule is CCCCC(CC)(CNC)Cc1ccc(F)cc1. The molecule has 0 radical (unpaired) electrons. The first-order chi connectivity index (χ1) is 8.65. The Morgan fingerprint density at radius 3 is 2.33 bits per heavy atom. The Morgan fingerprint density at radius 2 is 1.83 bits per heavy atom. The van der Waals surface area contributed by atoms with E-state index < -0.39 is 0 Å². The van der Waals surface area contributed by atoms with Gasteiger partial charge in [-0.15, -0.1) is 0 Å². The number of benzene rings is 1. The van der Waals surface area contributed by atoms with Gasteiger partial charge in [0.2, 0.25) is 0 Å². The Kier molecular flexibility index (Phi) is 6.34. The number of hydrogen-bond acceptors (Lipinski definition) is 1. The number of nitrogens with one attached hydrogen (secondary N) is 1. The maximum atomic E-state index is 12.9. The summed E-state index contributed by atoms with van der Waals surface area (Å²) in [5.41, 5.74) is 1.55. The molecule has 2 heteroatoms. The molecule has 1 aromatic rings. The molecule has 1 N–H and O–H groups in total. The molecule has 0 heterocycles. The lowest BCUT2D eigenvalue weighted by Crippen LogP contribution is -2.34. The highest BCUT2D eigenvalue weighted by Crippen LogP contribution is 2.32. The number of halogens is 1. The van der Waals surface area contributed by atoms with Gasteiger partial charge in [0.1, 0.15) is 5.82 Å². The molecule has 0 aromatic heterocycles. The third-order valence-corrected chi connectivity index (χ3v) is 3.85. The van der Waals surface area contributed by atoms with Crippen molar-refractivity contribution in [2.45, 2.75) is 46.0 Å². The zero-order valence-corrected chi connectivity index (χ0v) is 11.9. The van der Waals surface area contributed by atoms with Crippen LogP contribution in [0.1, 0.15) is 45.1 Å². The topological polar surface area (TPSA) is 12.0 Å². The summed E-state index contributed by atoms with van der Waals surface area (Å²) < 4.78 is 12.9. The van der Waals surface area contributed by atoms with E-state index in [9.17, 15) is 4.39 Å². The molecule has 0 spiro atoms. The van der Waals surface area contributed by atoms with Gasteiger partial charge in [0, 0.05) is 6.54 Å². The summed E-state index contributed by atoms with van der Waals surface area (Å²) in [7, 11) is 2.01. The van der Waals surface area contributed by atoms with Crippen molar-refractivity contribution >= 4 is 0 Å². The zero-order chi connectivity index (χ0) is 13.4. The van der Waals surface area contributed by atoms with E-state index in [1.54, 1.807) is 12.1 Å². The van der Waals surface area contributed by atoms with E-state index in [-0.39, 0.29) is 5.82 Å². The molecule has 0 fully saturated rings. The van der Waals surface area contributed by atoms with Crippen molar-refractivity contribution in [1.82, 2.24) is 5.32 Å². The third-order valence-electron chi connectivity index (χ3n) is 3.85. The Morgan fingerprint density at radius 1 is 1.17 bits per heavy atom. The molecule has 102 valence electrons. The van der Waals surface area contributed by atoms with Gasteiger partial charge in [-0.25, -0.2) is 4.39 Å². The molecule has 0 aliphatic rings. The molecule has 1 aromatic carbocycles. The van der Waals surface area contributed by atoms with Gasteiger partial charge in [0.05, 0.1) is 0 Å². The van der Waals surface area contributed by atoms with E-state index in [4.69, 9.17) is 0 Å². The normalized spacial score (nSPS) is 14.4. The van der Waals surface area contributed by atoms with Crippen molar-refractivity contribution in [3.05, 3.63) is 35.6 Å². The average molecular weight is 251 g/mol. The van der Waals surface area contributed by atoms with Crippen molar-refractivity contribution in [2.24, 2.45) is 5.41 Å². The van der Waals surface area contributed by atoms with Crippen molar-refractivity contribution < 1.29 is 4.39 Å². The van der Waals surface area contributed by atoms with Gasteiger partial charge in [-0.1, -0.05) is 38.8 Å². The summed E-state index contributed by atoms with van der Waals surface area (Å²) in [6.45, 7) is 5.52. The standard InChI is InChI=1S/C16H26FN/c1-4-6-11-16(5-2,13-18-3)12-14-7-9-15(17)10-8-14/h7-10,18H,4-6,11-13H2,1-3H3. The number of rotatable bonds is 8. The van der Waals surface area contributed by atoms with Crippen LogP contribution in [0.2, 0.25) is 0 Å². The van der Waals surface area contributed by atoms with Crippen LogP contribution in [0.15, 0.2) is 24.3 Å². The second-order valence-corrected chi connectivity index (χ2v) is 5.29. The zero-order valence-electron chi connectivity index (χ0n) is 11.9. The smallest absolute Gasteiger partial charge is 0.123 e. The minimum absolute atomic E-state index is 0.150. The minimum atomic E-state index is -0.150. The Hall–Kier alpha value is -0.890. The molecule has 0 saturated heterocycles. The first-order valence-corrected chi connectivity index (χ1v) is 7.05. The first kappa shape index (κ1) is 15.2. The van der Waals surface area contributed by atoms with Crippen LogP contribution in [0.5, 0.6) is 0 Å². The van der Waals surface area contributed by atoms with Crippen molar-refractivity contribution in [1.29, 1.82) is 0 Å². The summed E-state index contributed by atoms with van der Waals surface area (Å²) in [6.07, 6.45) is 5.92. The van der Waals surface area contributed by atoms with E-state index in [1.165, 1.54) is 24.8 Å². The van der Waals surface area contributed by atoms with Crippen LogP contribution in [0.25, 0.3) is 0 Å². The fraction of sp³-hybridized carbons (Fsp3) is 0.625. The molecule has 1 nitrogen and oxygen atoms in total. The molecule has 0 aliphatic heterocycles. The van der Waals surface area contributed by atoms with Crippen molar-refractivity contribution in [3.63, 3.8) is 0 Å². The fourth-order valence-corrected chi connectivity index (χ4v) is 2.63. The third kappa shape index (κ3) is 4.41. The van der Waals surface area contributed by atoms with Crippen LogP contribution in [0.4, 0.5) is 4.39 Å². The number of hydrogen-bond donors (Lipinski definition) is 1. The maximum Gasteiger partial charge on any atom is 0.123 e. The largest absolute Gasteiger partial charge is 0.319 e. The highest BCUT2D eigenvalue weighted by molar-refractivity contribution is 5.18. The Labute approximate surface area is 111 Å². The van der Waals surface area contributed by atoms with E-state index >= 15 is 0 Å². The van der Waals surface area contributed by atoms with E-state index in [2.05, 4.69) is 19.2 Å². The van der Waals surface area contributed by atoms with Crippen LogP contribution in [-0.2, 0) is 6.42 Å². The van der Waals surface area contributed by atoms with E-state index in [0.717, 1.165) is 19.4 Å². The van der Waals surface area contributed by atoms with E-state index in [1.807, 2.05) is 19.2 Å². The van der Waals surface area contributed by atoms with E-state index in [0.29, 0.717) is 5.41 Å². The minimum Gasteiger partial charge on any atom is -0.319 e.